The number of aliphatic hydroxyl groups is 2. The SMILES string of the molecule is C=CCO[C@@]12Oc3ccc(OC(=O)NCC)cc3[C@H]3[C@H](CCCCO)[C@@H](CCCCO)C=C(C(=NOC(C)(C)C)C[C@@H]1N(CCC)C(=O)Oc1ccc([N+](=O)[O-])cc1)[C@H]32. The number of nitro benzene ring substituents is 1. The lowest BCUT2D eigenvalue weighted by molar-refractivity contribution is -0.384. The van der Waals surface area contributed by atoms with Crippen LogP contribution in [-0.4, -0.2) is 88.3 Å². The molecule has 1 fully saturated rings. The number of carbonyl (C=O) groups excluding carboxylic acids is 2. The number of hydrogen-bond acceptors (Lipinski definition) is 12. The molecule has 322 valence electrons. The molecule has 59 heavy (non-hydrogen) atoms. The van der Waals surface area contributed by atoms with Gasteiger partial charge >= 0.3 is 12.2 Å². The summed E-state index contributed by atoms with van der Waals surface area (Å²) in [5, 5.41) is 38.6. The lowest BCUT2D eigenvalue weighted by Gasteiger charge is -2.60. The van der Waals surface area contributed by atoms with Gasteiger partial charge in [-0.15, -0.1) is 6.58 Å². The first-order valence-corrected chi connectivity index (χ1v) is 20.8. The Bertz CT molecular complexity index is 1840. The van der Waals surface area contributed by atoms with Crippen LogP contribution in [0.25, 0.3) is 0 Å². The van der Waals surface area contributed by atoms with Gasteiger partial charge in [0.1, 0.15) is 28.9 Å². The smallest absolute Gasteiger partial charge is 0.415 e. The standard InChI is InChI=1S/C44H60N4O11/c1-7-22-47(42(52)57-31-18-16-30(17-19-31)48(53)54)38-28-36(46-59-43(4,5)6)34-26-29(14-10-12-23-49)33(15-11-13-24-50)39-35-27-32(56-41(51)45-9-3)20-21-37(35)58-44(38,40(34)39)55-25-8-2/h8,16-21,26-27,29,33,38-40,49-50H,2,7,9-15,22-25,28H2,1,3-6H3,(H,45,51)/t29-,33+,38-,39+,40+,44+/m0/s1. The molecule has 0 saturated heterocycles. The Morgan fingerprint density at radius 2 is 1.75 bits per heavy atom. The topological polar surface area (TPSA) is 192 Å². The van der Waals surface area contributed by atoms with Gasteiger partial charge in [0.25, 0.3) is 5.69 Å². The van der Waals surface area contributed by atoms with Crippen molar-refractivity contribution >= 4 is 23.6 Å². The number of benzene rings is 2. The summed E-state index contributed by atoms with van der Waals surface area (Å²) >= 11 is 0. The Morgan fingerprint density at radius 1 is 1.05 bits per heavy atom. The highest BCUT2D eigenvalue weighted by Crippen LogP contribution is 2.62. The number of aliphatic hydroxyl groups excluding tert-OH is 2. The summed E-state index contributed by atoms with van der Waals surface area (Å²) < 4.78 is 25.8. The number of hydrogen-bond donors (Lipinski definition) is 3. The number of allylic oxidation sites excluding steroid dienone is 1. The van der Waals surface area contributed by atoms with Crippen molar-refractivity contribution in [2.24, 2.45) is 22.9 Å². The van der Waals surface area contributed by atoms with Crippen molar-refractivity contribution in [3.8, 4) is 17.2 Å². The fourth-order valence-electron chi connectivity index (χ4n) is 8.60. The third-order valence-electron chi connectivity index (χ3n) is 10.9. The summed E-state index contributed by atoms with van der Waals surface area (Å²) in [6.45, 7) is 14.2. The number of amides is 2. The summed E-state index contributed by atoms with van der Waals surface area (Å²) in [4.78, 5) is 45.8. The van der Waals surface area contributed by atoms with Gasteiger partial charge < -0.3 is 39.3 Å². The maximum Gasteiger partial charge on any atom is 0.415 e. The van der Waals surface area contributed by atoms with Crippen LogP contribution in [0.3, 0.4) is 0 Å². The molecule has 0 radical (unpaired) electrons. The lowest BCUT2D eigenvalue weighted by atomic mass is 9.55. The fourth-order valence-corrected chi connectivity index (χ4v) is 8.60. The van der Waals surface area contributed by atoms with E-state index in [9.17, 15) is 29.9 Å². The first-order chi connectivity index (χ1) is 28.3. The second-order valence-corrected chi connectivity index (χ2v) is 16.2. The molecule has 1 saturated carbocycles. The fraction of sp³-hybridized carbons (Fsp3) is 0.568. The number of rotatable bonds is 19. The summed E-state index contributed by atoms with van der Waals surface area (Å²) in [7, 11) is 0. The van der Waals surface area contributed by atoms with E-state index in [0.717, 1.165) is 36.8 Å². The summed E-state index contributed by atoms with van der Waals surface area (Å²) in [5.41, 5.74) is 1.47. The largest absolute Gasteiger partial charge is 0.459 e. The van der Waals surface area contributed by atoms with E-state index in [2.05, 4.69) is 18.0 Å². The van der Waals surface area contributed by atoms with Crippen molar-refractivity contribution in [3.63, 3.8) is 0 Å². The molecule has 0 bridgehead atoms. The zero-order chi connectivity index (χ0) is 42.7. The van der Waals surface area contributed by atoms with Crippen LogP contribution >= 0.6 is 0 Å². The van der Waals surface area contributed by atoms with Crippen LogP contribution in [0.5, 0.6) is 17.2 Å². The molecule has 3 aliphatic rings. The molecule has 5 rings (SSSR count). The molecular formula is C44H60N4O11. The molecule has 0 unspecified atom stereocenters. The quantitative estimate of drug-likeness (QED) is 0.0538. The summed E-state index contributed by atoms with van der Waals surface area (Å²) in [6, 6.07) is 9.76. The van der Waals surface area contributed by atoms with Crippen molar-refractivity contribution in [2.75, 3.05) is 32.9 Å². The maximum atomic E-state index is 14.5. The van der Waals surface area contributed by atoms with Crippen molar-refractivity contribution in [1.29, 1.82) is 0 Å². The predicted molar refractivity (Wildman–Crippen MR) is 222 cm³/mol. The monoisotopic (exact) mass is 820 g/mol. The molecule has 1 heterocycles. The molecule has 3 N–H and O–H groups in total. The van der Waals surface area contributed by atoms with Gasteiger partial charge in [0, 0.05) is 56.3 Å². The average molecular weight is 821 g/mol. The van der Waals surface area contributed by atoms with E-state index in [-0.39, 0.29) is 62.0 Å². The van der Waals surface area contributed by atoms with Gasteiger partial charge in [-0.25, -0.2) is 9.59 Å². The van der Waals surface area contributed by atoms with E-state index in [1.54, 1.807) is 30.0 Å². The molecule has 2 aliphatic carbocycles. The first kappa shape index (κ1) is 45.1. The minimum atomic E-state index is -1.53. The Balaban J connectivity index is 1.77. The molecular weight excluding hydrogens is 761 g/mol. The molecule has 2 aromatic rings. The normalized spacial score (nSPS) is 23.8. The average Bonchev–Trinajstić information content (AvgIpc) is 3.19. The van der Waals surface area contributed by atoms with E-state index >= 15 is 0 Å². The van der Waals surface area contributed by atoms with Gasteiger partial charge in [0.2, 0.25) is 5.79 Å². The van der Waals surface area contributed by atoms with Gasteiger partial charge in [-0.1, -0.05) is 37.1 Å². The molecule has 15 heteroatoms. The summed E-state index contributed by atoms with van der Waals surface area (Å²) in [6.07, 6.45) is 7.52. The highest BCUT2D eigenvalue weighted by molar-refractivity contribution is 6.03. The molecule has 1 aliphatic heterocycles. The molecule has 6 atom stereocenters. The van der Waals surface area contributed by atoms with E-state index in [0.29, 0.717) is 43.0 Å². The van der Waals surface area contributed by atoms with Crippen LogP contribution in [0.4, 0.5) is 15.3 Å². The van der Waals surface area contributed by atoms with Gasteiger partial charge in [-0.05, 0) is 108 Å². The van der Waals surface area contributed by atoms with E-state index in [1.165, 1.54) is 24.3 Å². The molecule has 2 amide bonds. The minimum Gasteiger partial charge on any atom is -0.459 e. The van der Waals surface area contributed by atoms with Crippen LogP contribution in [0.15, 0.2) is 71.9 Å². The molecule has 0 aromatic heterocycles. The Labute approximate surface area is 346 Å². The lowest BCUT2D eigenvalue weighted by Crippen LogP contribution is -2.70. The van der Waals surface area contributed by atoms with Gasteiger partial charge in [-0.2, -0.15) is 0 Å². The van der Waals surface area contributed by atoms with Crippen LogP contribution in [0, 0.1) is 27.9 Å². The number of oxime groups is 1. The zero-order valence-electron chi connectivity index (χ0n) is 34.9. The molecule has 15 nitrogen and oxygen atoms in total. The van der Waals surface area contributed by atoms with Gasteiger partial charge in [0.05, 0.1) is 23.2 Å². The maximum absolute atomic E-state index is 14.5. The molecule has 2 aromatic carbocycles. The number of nitrogens with zero attached hydrogens (tertiary/aromatic N) is 3. The van der Waals surface area contributed by atoms with Crippen LogP contribution in [-0.2, 0) is 9.57 Å². The zero-order valence-corrected chi connectivity index (χ0v) is 34.9. The van der Waals surface area contributed by atoms with Gasteiger partial charge in [0.15, 0.2) is 0 Å². The number of unbranched alkanes of at least 4 members (excludes halogenated alkanes) is 2. The number of ether oxygens (including phenoxy) is 4. The number of nitro groups is 1. The first-order valence-electron chi connectivity index (χ1n) is 20.8. The second kappa shape index (κ2) is 20.3. The van der Waals surface area contributed by atoms with Crippen molar-refractivity contribution in [3.05, 3.63) is 82.4 Å². The predicted octanol–water partition coefficient (Wildman–Crippen LogP) is 8.05. The highest BCUT2D eigenvalue weighted by atomic mass is 16.7. The van der Waals surface area contributed by atoms with Crippen LogP contribution < -0.4 is 19.5 Å². The van der Waals surface area contributed by atoms with Gasteiger partial charge in [-0.3, -0.25) is 15.0 Å². The number of nitrogens with one attached hydrogen (secondary N) is 1. The minimum absolute atomic E-state index is 0.00254. The third kappa shape index (κ3) is 10.6. The van der Waals surface area contributed by atoms with Crippen molar-refractivity contribution < 1.29 is 48.5 Å². The van der Waals surface area contributed by atoms with Crippen LogP contribution in [0.1, 0.15) is 97.5 Å². The number of non-ortho nitro benzene ring substituents is 1. The Morgan fingerprint density at radius 3 is 2.37 bits per heavy atom. The van der Waals surface area contributed by atoms with E-state index in [1.807, 2.05) is 33.8 Å². The van der Waals surface area contributed by atoms with E-state index < -0.39 is 40.5 Å². The Kier molecular flexibility index (Phi) is 15.5. The summed E-state index contributed by atoms with van der Waals surface area (Å²) in [5.74, 6) is -1.54. The number of carbonyl (C=O) groups is 2. The number of fused-ring (bicyclic) bond motifs is 2. The highest BCUT2D eigenvalue weighted by Gasteiger charge is 2.65. The Hall–Kier alpha value is -4.99. The van der Waals surface area contributed by atoms with Crippen molar-refractivity contribution in [2.45, 2.75) is 109 Å². The van der Waals surface area contributed by atoms with E-state index in [4.69, 9.17) is 28.9 Å². The molecule has 0 spiro atoms. The van der Waals surface area contributed by atoms with Crippen molar-refractivity contribution in [1.82, 2.24) is 10.2 Å². The second-order valence-electron chi connectivity index (χ2n) is 16.2. The van der Waals surface area contributed by atoms with Crippen LogP contribution in [0.2, 0.25) is 0 Å². The third-order valence-corrected chi connectivity index (χ3v) is 10.9.